The van der Waals surface area contributed by atoms with Crippen molar-refractivity contribution in [2.24, 2.45) is 0 Å². The van der Waals surface area contributed by atoms with Gasteiger partial charge < -0.3 is 24.3 Å². The average molecular weight is 373 g/mol. The number of esters is 1. The number of rotatable bonds is 9. The van der Waals surface area contributed by atoms with Crippen molar-refractivity contribution in [1.29, 1.82) is 0 Å². The fourth-order valence-corrected chi connectivity index (χ4v) is 2.29. The Morgan fingerprint density at radius 1 is 1.00 bits per heavy atom. The standard InChI is InChI=1S/C20H23NO6/c1-4-17(27-14-8-6-5-7-9-14)20(23)26-13-19(22)21-16-12-15(24-2)10-11-18(16)25-3/h5-12,17H,4,13H2,1-3H3,(H,21,22)/t17-/m0/s1. The number of hydrogen-bond acceptors (Lipinski definition) is 6. The van der Waals surface area contributed by atoms with Crippen molar-refractivity contribution in [2.45, 2.75) is 19.4 Å². The third kappa shape index (κ3) is 5.91. The molecule has 0 aliphatic heterocycles. The van der Waals surface area contributed by atoms with Crippen molar-refractivity contribution >= 4 is 17.6 Å². The fraction of sp³-hybridized carbons (Fsp3) is 0.300. The summed E-state index contributed by atoms with van der Waals surface area (Å²) in [6.07, 6.45) is -0.370. The third-order valence-electron chi connectivity index (χ3n) is 3.68. The number of amides is 1. The van der Waals surface area contributed by atoms with Gasteiger partial charge in [0.25, 0.3) is 5.91 Å². The molecule has 1 N–H and O–H groups in total. The van der Waals surface area contributed by atoms with Gasteiger partial charge in [0.2, 0.25) is 0 Å². The zero-order valence-electron chi connectivity index (χ0n) is 15.6. The van der Waals surface area contributed by atoms with Crippen molar-refractivity contribution in [3.05, 3.63) is 48.5 Å². The number of benzene rings is 2. The first-order valence-corrected chi connectivity index (χ1v) is 8.47. The van der Waals surface area contributed by atoms with E-state index in [1.165, 1.54) is 14.2 Å². The van der Waals surface area contributed by atoms with Crippen LogP contribution in [0.15, 0.2) is 48.5 Å². The fourth-order valence-electron chi connectivity index (χ4n) is 2.29. The molecule has 0 saturated heterocycles. The highest BCUT2D eigenvalue weighted by atomic mass is 16.6. The maximum Gasteiger partial charge on any atom is 0.347 e. The zero-order chi connectivity index (χ0) is 19.6. The Hall–Kier alpha value is -3.22. The van der Waals surface area contributed by atoms with Gasteiger partial charge in [-0.15, -0.1) is 0 Å². The van der Waals surface area contributed by atoms with Gasteiger partial charge in [-0.3, -0.25) is 4.79 Å². The Kier molecular flexibility index (Phi) is 7.49. The SMILES string of the molecule is CC[C@H](Oc1ccccc1)C(=O)OCC(=O)Nc1cc(OC)ccc1OC. The van der Waals surface area contributed by atoms with E-state index >= 15 is 0 Å². The Morgan fingerprint density at radius 3 is 2.37 bits per heavy atom. The van der Waals surface area contributed by atoms with Gasteiger partial charge in [0.05, 0.1) is 19.9 Å². The van der Waals surface area contributed by atoms with Crippen molar-refractivity contribution in [3.63, 3.8) is 0 Å². The molecule has 0 fully saturated rings. The van der Waals surface area contributed by atoms with Crippen LogP contribution >= 0.6 is 0 Å². The van der Waals surface area contributed by atoms with E-state index in [1.54, 1.807) is 37.3 Å². The number of nitrogens with one attached hydrogen (secondary N) is 1. The molecule has 0 saturated carbocycles. The van der Waals surface area contributed by atoms with Crippen LogP contribution in [0.4, 0.5) is 5.69 Å². The molecule has 7 nitrogen and oxygen atoms in total. The summed E-state index contributed by atoms with van der Waals surface area (Å²) >= 11 is 0. The molecule has 144 valence electrons. The molecule has 27 heavy (non-hydrogen) atoms. The number of para-hydroxylation sites is 1. The number of ether oxygens (including phenoxy) is 4. The molecule has 0 aromatic heterocycles. The van der Waals surface area contributed by atoms with Crippen LogP contribution in [0, 0.1) is 0 Å². The quantitative estimate of drug-likeness (QED) is 0.680. The molecular weight excluding hydrogens is 350 g/mol. The Morgan fingerprint density at radius 2 is 1.74 bits per heavy atom. The topological polar surface area (TPSA) is 83.1 Å². The van der Waals surface area contributed by atoms with E-state index in [1.807, 2.05) is 18.2 Å². The molecule has 1 amide bonds. The van der Waals surface area contributed by atoms with E-state index in [4.69, 9.17) is 18.9 Å². The van der Waals surface area contributed by atoms with Gasteiger partial charge in [-0.25, -0.2) is 4.79 Å². The molecule has 0 radical (unpaired) electrons. The van der Waals surface area contributed by atoms with Crippen LogP contribution in [-0.4, -0.2) is 38.8 Å². The number of anilines is 1. The van der Waals surface area contributed by atoms with Crippen molar-refractivity contribution < 1.29 is 28.5 Å². The highest BCUT2D eigenvalue weighted by molar-refractivity contribution is 5.94. The predicted molar refractivity (Wildman–Crippen MR) is 100 cm³/mol. The summed E-state index contributed by atoms with van der Waals surface area (Å²) in [5, 5.41) is 2.64. The Labute approximate surface area is 158 Å². The van der Waals surface area contributed by atoms with E-state index < -0.39 is 24.6 Å². The van der Waals surface area contributed by atoms with Gasteiger partial charge >= 0.3 is 5.97 Å². The summed E-state index contributed by atoms with van der Waals surface area (Å²) in [6, 6.07) is 14.0. The van der Waals surface area contributed by atoms with Gasteiger partial charge in [-0.1, -0.05) is 25.1 Å². The van der Waals surface area contributed by atoms with Crippen LogP contribution in [0.1, 0.15) is 13.3 Å². The van der Waals surface area contributed by atoms with Crippen LogP contribution < -0.4 is 19.5 Å². The van der Waals surface area contributed by atoms with E-state index in [2.05, 4.69) is 5.32 Å². The normalized spacial score (nSPS) is 11.2. The zero-order valence-corrected chi connectivity index (χ0v) is 15.6. The smallest absolute Gasteiger partial charge is 0.347 e. The second kappa shape index (κ2) is 10.1. The number of hydrogen-bond donors (Lipinski definition) is 1. The van der Waals surface area contributed by atoms with Crippen LogP contribution in [0.3, 0.4) is 0 Å². The van der Waals surface area contributed by atoms with Gasteiger partial charge in [-0.05, 0) is 30.7 Å². The predicted octanol–water partition coefficient (Wildman–Crippen LogP) is 3.04. The highest BCUT2D eigenvalue weighted by Gasteiger charge is 2.21. The summed E-state index contributed by atoms with van der Waals surface area (Å²) in [6.45, 7) is 1.36. The van der Waals surface area contributed by atoms with E-state index in [0.29, 0.717) is 29.4 Å². The summed E-state index contributed by atoms with van der Waals surface area (Å²) < 4.78 is 21.0. The number of methoxy groups -OCH3 is 2. The lowest BCUT2D eigenvalue weighted by Gasteiger charge is -2.16. The highest BCUT2D eigenvalue weighted by Crippen LogP contribution is 2.28. The van der Waals surface area contributed by atoms with E-state index in [-0.39, 0.29) is 0 Å². The molecular formula is C20H23NO6. The lowest BCUT2D eigenvalue weighted by molar-refractivity contribution is -0.154. The monoisotopic (exact) mass is 373 g/mol. The van der Waals surface area contributed by atoms with Crippen LogP contribution in [0.5, 0.6) is 17.2 Å². The third-order valence-corrected chi connectivity index (χ3v) is 3.68. The second-order valence-electron chi connectivity index (χ2n) is 5.55. The lowest BCUT2D eigenvalue weighted by atomic mass is 10.2. The molecule has 2 rings (SSSR count). The van der Waals surface area contributed by atoms with Crippen LogP contribution in [0.25, 0.3) is 0 Å². The van der Waals surface area contributed by atoms with Crippen molar-refractivity contribution in [2.75, 3.05) is 26.1 Å². The minimum Gasteiger partial charge on any atom is -0.497 e. The number of carbonyl (C=O) groups is 2. The minimum atomic E-state index is -0.786. The van der Waals surface area contributed by atoms with Crippen LogP contribution in [-0.2, 0) is 14.3 Å². The van der Waals surface area contributed by atoms with Gasteiger partial charge in [0.1, 0.15) is 17.2 Å². The first-order chi connectivity index (χ1) is 13.1. The molecule has 0 aliphatic rings. The maximum absolute atomic E-state index is 12.2. The molecule has 2 aromatic rings. The Bertz CT molecular complexity index is 762. The van der Waals surface area contributed by atoms with Crippen molar-refractivity contribution in [1.82, 2.24) is 0 Å². The summed E-state index contributed by atoms with van der Waals surface area (Å²) in [4.78, 5) is 24.3. The lowest BCUT2D eigenvalue weighted by Crippen LogP contribution is -2.31. The van der Waals surface area contributed by atoms with Gasteiger partial charge in [0, 0.05) is 6.07 Å². The summed E-state index contributed by atoms with van der Waals surface area (Å²) in [7, 11) is 3.01. The largest absolute Gasteiger partial charge is 0.497 e. The molecule has 0 aliphatic carbocycles. The second-order valence-corrected chi connectivity index (χ2v) is 5.55. The summed E-state index contributed by atoms with van der Waals surface area (Å²) in [5.41, 5.74) is 0.422. The molecule has 0 heterocycles. The van der Waals surface area contributed by atoms with Crippen molar-refractivity contribution in [3.8, 4) is 17.2 Å². The maximum atomic E-state index is 12.2. The van der Waals surface area contributed by atoms with Gasteiger partial charge in [0.15, 0.2) is 12.7 Å². The summed E-state index contributed by atoms with van der Waals surface area (Å²) in [5.74, 6) is 0.491. The molecule has 7 heteroatoms. The van der Waals surface area contributed by atoms with Crippen LogP contribution in [0.2, 0.25) is 0 Å². The molecule has 0 spiro atoms. The van der Waals surface area contributed by atoms with Gasteiger partial charge in [-0.2, -0.15) is 0 Å². The number of carbonyl (C=O) groups excluding carboxylic acids is 2. The molecule has 0 bridgehead atoms. The first-order valence-electron chi connectivity index (χ1n) is 8.47. The Balaban J connectivity index is 1.91. The molecule has 2 aromatic carbocycles. The van der Waals surface area contributed by atoms with E-state index in [9.17, 15) is 9.59 Å². The first kappa shape index (κ1) is 20.1. The minimum absolute atomic E-state index is 0.416. The molecule has 0 unspecified atom stereocenters. The van der Waals surface area contributed by atoms with E-state index in [0.717, 1.165) is 0 Å². The molecule has 1 atom stereocenters. The average Bonchev–Trinajstić information content (AvgIpc) is 2.70.